The average molecular weight is 264 g/mol. The van der Waals surface area contributed by atoms with Crippen molar-refractivity contribution in [2.24, 2.45) is 5.92 Å². The normalized spacial score (nSPS) is 14.2. The summed E-state index contributed by atoms with van der Waals surface area (Å²) in [6.45, 7) is 3.39. The third-order valence-corrected chi connectivity index (χ3v) is 3.35. The summed E-state index contributed by atoms with van der Waals surface area (Å²) in [4.78, 5) is 25.1. The first-order valence-corrected chi connectivity index (χ1v) is 6.65. The van der Waals surface area contributed by atoms with Crippen LogP contribution in [0.3, 0.4) is 0 Å². The van der Waals surface area contributed by atoms with Crippen molar-refractivity contribution in [2.45, 2.75) is 26.3 Å². The minimum Gasteiger partial charge on any atom is -0.383 e. The van der Waals surface area contributed by atoms with Crippen LogP contribution in [0.15, 0.2) is 17.1 Å². The summed E-state index contributed by atoms with van der Waals surface area (Å²) in [7, 11) is 1.71. The topological polar surface area (TPSA) is 67.2 Å². The number of nitrogens with one attached hydrogen (secondary N) is 1. The fourth-order valence-corrected chi connectivity index (χ4v) is 1.66. The van der Waals surface area contributed by atoms with E-state index in [1.54, 1.807) is 18.1 Å². The van der Waals surface area contributed by atoms with Crippen LogP contribution in [0.4, 0.5) is 5.69 Å². The molecule has 6 nitrogen and oxygen atoms in total. The molecular weight excluding hydrogens is 244 g/mol. The monoisotopic (exact) mass is 264 g/mol. The van der Waals surface area contributed by atoms with Gasteiger partial charge < -0.3 is 10.2 Å². The van der Waals surface area contributed by atoms with Crippen molar-refractivity contribution in [2.75, 3.05) is 25.5 Å². The number of hydrogen-bond donors (Lipinski definition) is 1. The van der Waals surface area contributed by atoms with Gasteiger partial charge in [0.05, 0.1) is 11.9 Å². The highest BCUT2D eigenvalue weighted by molar-refractivity contribution is 5.75. The zero-order chi connectivity index (χ0) is 13.8. The second kappa shape index (κ2) is 5.86. The Balaban J connectivity index is 1.97. The van der Waals surface area contributed by atoms with Gasteiger partial charge in [0, 0.05) is 26.2 Å². The van der Waals surface area contributed by atoms with Crippen molar-refractivity contribution in [3.63, 3.8) is 0 Å². The Morgan fingerprint density at radius 3 is 2.89 bits per heavy atom. The Morgan fingerprint density at radius 1 is 1.58 bits per heavy atom. The second-order valence-electron chi connectivity index (χ2n) is 4.97. The molecule has 1 amide bonds. The minimum atomic E-state index is -0.251. The summed E-state index contributed by atoms with van der Waals surface area (Å²) in [5.41, 5.74) is 0.475. The lowest BCUT2D eigenvalue weighted by Crippen LogP contribution is -2.34. The Labute approximate surface area is 112 Å². The summed E-state index contributed by atoms with van der Waals surface area (Å²) >= 11 is 0. The average Bonchev–Trinajstić information content (AvgIpc) is 3.22. The zero-order valence-corrected chi connectivity index (χ0v) is 11.4. The Bertz CT molecular complexity index is 508. The summed E-state index contributed by atoms with van der Waals surface area (Å²) in [5, 5.41) is 7.22. The van der Waals surface area contributed by atoms with Crippen LogP contribution in [0.1, 0.15) is 19.8 Å². The van der Waals surface area contributed by atoms with E-state index in [-0.39, 0.29) is 18.0 Å². The van der Waals surface area contributed by atoms with Gasteiger partial charge in [-0.05, 0) is 25.7 Å². The van der Waals surface area contributed by atoms with Gasteiger partial charge in [-0.3, -0.25) is 9.59 Å². The number of aromatic nitrogens is 2. The van der Waals surface area contributed by atoms with Crippen molar-refractivity contribution in [1.82, 2.24) is 14.7 Å². The lowest BCUT2D eigenvalue weighted by molar-refractivity contribution is -0.130. The number of rotatable bonds is 6. The van der Waals surface area contributed by atoms with Crippen molar-refractivity contribution < 1.29 is 4.79 Å². The first-order valence-electron chi connectivity index (χ1n) is 6.65. The highest BCUT2D eigenvalue weighted by atomic mass is 16.2. The largest absolute Gasteiger partial charge is 0.383 e. The first kappa shape index (κ1) is 13.6. The van der Waals surface area contributed by atoms with E-state index in [0.29, 0.717) is 6.54 Å². The van der Waals surface area contributed by atoms with Gasteiger partial charge in [0.1, 0.15) is 6.54 Å². The number of amides is 1. The molecule has 19 heavy (non-hydrogen) atoms. The number of anilines is 1. The van der Waals surface area contributed by atoms with Crippen molar-refractivity contribution in [1.29, 1.82) is 0 Å². The van der Waals surface area contributed by atoms with E-state index in [0.717, 1.165) is 18.2 Å². The van der Waals surface area contributed by atoms with Gasteiger partial charge in [0.25, 0.3) is 5.56 Å². The summed E-state index contributed by atoms with van der Waals surface area (Å²) < 4.78 is 1.19. The summed E-state index contributed by atoms with van der Waals surface area (Å²) in [5.74, 6) is 0.623. The van der Waals surface area contributed by atoms with E-state index < -0.39 is 0 Å². The maximum atomic E-state index is 11.8. The number of nitrogens with zero attached hydrogens (tertiary/aromatic N) is 3. The molecule has 1 fully saturated rings. The lowest BCUT2D eigenvalue weighted by atomic mass is 10.4. The van der Waals surface area contributed by atoms with Crippen LogP contribution in [0, 0.1) is 5.92 Å². The maximum Gasteiger partial charge on any atom is 0.269 e. The highest BCUT2D eigenvalue weighted by Gasteiger charge is 2.20. The van der Waals surface area contributed by atoms with Crippen molar-refractivity contribution in [3.05, 3.63) is 22.6 Å². The summed E-state index contributed by atoms with van der Waals surface area (Å²) in [6, 6.07) is 1.49. The quantitative estimate of drug-likeness (QED) is 0.814. The van der Waals surface area contributed by atoms with E-state index in [9.17, 15) is 9.59 Å². The van der Waals surface area contributed by atoms with E-state index >= 15 is 0 Å². The molecule has 1 aliphatic rings. The standard InChI is InChI=1S/C13H20N4O2/c1-3-16(2)13(19)9-17-12(18)6-11(8-15-17)14-7-10-4-5-10/h6,8,10,14H,3-5,7,9H2,1-2H3. The third kappa shape index (κ3) is 3.81. The van der Waals surface area contributed by atoms with Gasteiger partial charge >= 0.3 is 0 Å². The van der Waals surface area contributed by atoms with Crippen LogP contribution in [-0.2, 0) is 11.3 Å². The zero-order valence-electron chi connectivity index (χ0n) is 11.4. The SMILES string of the molecule is CCN(C)C(=O)Cn1ncc(NCC2CC2)cc1=O. The Hall–Kier alpha value is -1.85. The Kier molecular flexibility index (Phi) is 4.19. The molecule has 6 heteroatoms. The summed E-state index contributed by atoms with van der Waals surface area (Å²) in [6.07, 6.45) is 4.12. The lowest BCUT2D eigenvalue weighted by Gasteiger charge is -2.14. The molecule has 1 N–H and O–H groups in total. The molecule has 1 saturated carbocycles. The van der Waals surface area contributed by atoms with Gasteiger partial charge in [-0.15, -0.1) is 0 Å². The predicted molar refractivity (Wildman–Crippen MR) is 73.0 cm³/mol. The number of carbonyl (C=O) groups is 1. The number of hydrogen-bond acceptors (Lipinski definition) is 4. The molecule has 2 rings (SSSR count). The van der Waals surface area contributed by atoms with Crippen LogP contribution < -0.4 is 10.9 Å². The molecule has 104 valence electrons. The molecule has 1 heterocycles. The molecular formula is C13H20N4O2. The molecule has 1 aromatic rings. The van der Waals surface area contributed by atoms with Crippen molar-refractivity contribution in [3.8, 4) is 0 Å². The van der Waals surface area contributed by atoms with Crippen LogP contribution in [0.2, 0.25) is 0 Å². The fourth-order valence-electron chi connectivity index (χ4n) is 1.66. The third-order valence-electron chi connectivity index (χ3n) is 3.35. The van der Waals surface area contributed by atoms with E-state index in [1.165, 1.54) is 23.6 Å². The number of likely N-dealkylation sites (N-methyl/N-ethyl adjacent to an activating group) is 1. The maximum absolute atomic E-state index is 11.8. The van der Waals surface area contributed by atoms with Gasteiger partial charge in [0.2, 0.25) is 5.91 Å². The second-order valence-corrected chi connectivity index (χ2v) is 4.97. The predicted octanol–water partition coefficient (Wildman–Crippen LogP) is 0.543. The van der Waals surface area contributed by atoms with E-state index in [1.807, 2.05) is 6.92 Å². The van der Waals surface area contributed by atoms with Crippen molar-refractivity contribution >= 4 is 11.6 Å². The molecule has 0 aromatic carbocycles. The molecule has 0 bridgehead atoms. The van der Waals surface area contributed by atoms with Crippen LogP contribution >= 0.6 is 0 Å². The van der Waals surface area contributed by atoms with Crippen LogP contribution in [0.25, 0.3) is 0 Å². The van der Waals surface area contributed by atoms with E-state index in [4.69, 9.17) is 0 Å². The highest BCUT2D eigenvalue weighted by Crippen LogP contribution is 2.28. The van der Waals surface area contributed by atoms with Gasteiger partial charge in [-0.2, -0.15) is 5.10 Å². The van der Waals surface area contributed by atoms with Crippen LogP contribution in [-0.4, -0.2) is 40.7 Å². The Morgan fingerprint density at radius 2 is 2.32 bits per heavy atom. The fraction of sp³-hybridized carbons (Fsp3) is 0.615. The molecule has 0 radical (unpaired) electrons. The van der Waals surface area contributed by atoms with E-state index in [2.05, 4.69) is 10.4 Å². The molecule has 0 spiro atoms. The minimum absolute atomic E-state index is 0.00786. The van der Waals surface area contributed by atoms with Gasteiger partial charge in [0.15, 0.2) is 0 Å². The van der Waals surface area contributed by atoms with Crippen LogP contribution in [0.5, 0.6) is 0 Å². The molecule has 0 saturated heterocycles. The molecule has 0 aliphatic heterocycles. The molecule has 1 aromatic heterocycles. The molecule has 1 aliphatic carbocycles. The smallest absolute Gasteiger partial charge is 0.269 e. The number of carbonyl (C=O) groups excluding carboxylic acids is 1. The molecule has 0 atom stereocenters. The van der Waals surface area contributed by atoms with Gasteiger partial charge in [-0.25, -0.2) is 4.68 Å². The first-order chi connectivity index (χ1) is 9.10. The van der Waals surface area contributed by atoms with Gasteiger partial charge in [-0.1, -0.05) is 0 Å². The molecule has 0 unspecified atom stereocenters.